The summed E-state index contributed by atoms with van der Waals surface area (Å²) in [5.41, 5.74) is 17.8. The zero-order valence-corrected chi connectivity index (χ0v) is 89.6. The summed E-state index contributed by atoms with van der Waals surface area (Å²) in [7, 11) is 0. The van der Waals surface area contributed by atoms with E-state index in [1.165, 1.54) is 67.8 Å². The van der Waals surface area contributed by atoms with E-state index in [0.29, 0.717) is 109 Å². The van der Waals surface area contributed by atoms with Crippen molar-refractivity contribution in [2.24, 2.45) is 21.7 Å². The van der Waals surface area contributed by atoms with Crippen LogP contribution in [0.2, 0.25) is 15.1 Å². The van der Waals surface area contributed by atoms with Gasteiger partial charge in [-0.1, -0.05) is 233 Å². The predicted molar refractivity (Wildman–Crippen MR) is 565 cm³/mol. The molecule has 7 saturated heterocycles. The number of aryl methyl sites for hydroxylation is 1. The Bertz CT molecular complexity index is 5960. The number of carbonyl (C=O) groups is 7. The Hall–Kier alpha value is -8.90. The Labute approximate surface area is 875 Å². The van der Waals surface area contributed by atoms with Crippen LogP contribution in [0.1, 0.15) is 279 Å². The third kappa shape index (κ3) is 25.3. The van der Waals surface area contributed by atoms with Crippen LogP contribution >= 0.6 is 34.8 Å². The number of Topliss-reactive ketones (excluding diaryl/α,β-unsaturated/α-hetero) is 7. The van der Waals surface area contributed by atoms with Crippen LogP contribution in [0.15, 0.2) is 176 Å². The molecule has 9 aromatic rings. The van der Waals surface area contributed by atoms with Crippen LogP contribution in [-0.4, -0.2) is 209 Å². The molecule has 0 radical (unpaired) electrons. The van der Waals surface area contributed by atoms with Crippen molar-refractivity contribution in [2.75, 3.05) is 92.1 Å². The van der Waals surface area contributed by atoms with E-state index < -0.39 is 0 Å². The van der Waals surface area contributed by atoms with Gasteiger partial charge < -0.3 is 33.2 Å². The molecule has 0 aromatic heterocycles. The lowest BCUT2D eigenvalue weighted by atomic mass is 9.86. The van der Waals surface area contributed by atoms with Crippen LogP contribution in [-0.2, 0) is 107 Å². The predicted octanol–water partition coefficient (Wildman–Crippen LogP) is 22.5. The first-order chi connectivity index (χ1) is 69.5. The maximum absolute atomic E-state index is 13.5. The fourth-order valence-corrected chi connectivity index (χ4v) is 23.3. The number of ether oxygens (including phenoxy) is 7. The number of hydrogen-bond donors (Lipinski definition) is 0. The molecule has 9 aromatic carbocycles. The molecule has 0 bridgehead atoms. The first-order valence-corrected chi connectivity index (χ1v) is 53.5. The fourth-order valence-electron chi connectivity index (χ4n) is 22.8. The monoisotopic (exact) mass is 2050 g/mol. The summed E-state index contributed by atoms with van der Waals surface area (Å²) in [5, 5.41) is 4.48. The van der Waals surface area contributed by atoms with Crippen molar-refractivity contribution in [3.63, 3.8) is 0 Å². The van der Waals surface area contributed by atoms with Gasteiger partial charge in [0.1, 0.15) is 89.9 Å². The van der Waals surface area contributed by atoms with Gasteiger partial charge in [0.05, 0.1) is 46.2 Å². The van der Waals surface area contributed by atoms with E-state index in [-0.39, 0.29) is 142 Å². The lowest BCUT2D eigenvalue weighted by molar-refractivity contribution is -0.128. The molecule has 0 spiro atoms. The van der Waals surface area contributed by atoms with E-state index in [2.05, 4.69) is 108 Å². The maximum Gasteiger partial charge on any atom is 0.164 e. The summed E-state index contributed by atoms with van der Waals surface area (Å²) in [5.74, 6) is 1.32. The third-order valence-corrected chi connectivity index (χ3v) is 32.0. The fraction of sp³-hybridized carbons (Fsp3) is 0.508. The highest BCUT2D eigenvalue weighted by Gasteiger charge is 2.49. The van der Waals surface area contributed by atoms with Crippen LogP contribution in [0.25, 0.3) is 10.8 Å². The van der Waals surface area contributed by atoms with Crippen molar-refractivity contribution in [3.05, 3.63) is 292 Å². The van der Waals surface area contributed by atoms with Crippen LogP contribution in [0.4, 0.5) is 8.78 Å². The van der Waals surface area contributed by atoms with Crippen LogP contribution in [0.5, 0.6) is 0 Å². The maximum atomic E-state index is 13.5. The second-order valence-corrected chi connectivity index (χ2v) is 47.2. The molecule has 0 N–H and O–H groups in total. The zero-order chi connectivity index (χ0) is 104. The molecule has 23 rings (SSSR count). The Morgan fingerprint density at radius 3 is 0.849 bits per heavy atom. The summed E-state index contributed by atoms with van der Waals surface area (Å²) in [6, 6.07) is 58.3. The van der Waals surface area contributed by atoms with Crippen molar-refractivity contribution < 1.29 is 75.5 Å². The molecule has 14 atom stereocenters. The van der Waals surface area contributed by atoms with Gasteiger partial charge in [-0.3, -0.25) is 67.9 Å². The Balaban J connectivity index is 0.000000117. The second-order valence-electron chi connectivity index (χ2n) is 45.9. The van der Waals surface area contributed by atoms with Gasteiger partial charge in [-0.15, -0.1) is 0 Å². The molecule has 14 unspecified atom stereocenters. The van der Waals surface area contributed by atoms with E-state index in [1.807, 2.05) is 168 Å². The van der Waals surface area contributed by atoms with Gasteiger partial charge in [-0.05, 0) is 193 Å². The van der Waals surface area contributed by atoms with Gasteiger partial charge in [-0.2, -0.15) is 0 Å². The molecule has 14 aliphatic rings. The SMILES string of the molecule is CC(=O)CC1COC2c3cc(Cl)ccc3CCN12.CC(=O)CC1COC2c3cc(F)ccc3CCN12.CC(C)(C)C(=O)CC1COC2c3cc(Cl)ccc3CCN12.CC(C)(C)C(=O)CC1COC2c3cc(F)ccc3CCN12.CC(C)(C)C(=O)CC1COC2c3ccccc3CCN12.Cc1ccc2c(c1)C1OCC(CC(=O)C(C)(C)C)N1CC2.O=C(CC1COC2c3cc(Cl)ccc3CCN12)c1ccc2ccccc2c1. The number of halogens is 5. The molecule has 7 fully saturated rings. The molecule has 778 valence electrons. The molecule has 14 heterocycles. The van der Waals surface area contributed by atoms with E-state index in [1.54, 1.807) is 26.0 Å². The summed E-state index contributed by atoms with van der Waals surface area (Å²) < 4.78 is 68.4. The summed E-state index contributed by atoms with van der Waals surface area (Å²) in [4.78, 5) is 101. The van der Waals surface area contributed by atoms with Crippen molar-refractivity contribution in [3.8, 4) is 0 Å². The minimum Gasteiger partial charge on any atom is -0.357 e. The molecule has 0 saturated carbocycles. The largest absolute Gasteiger partial charge is 0.357 e. The van der Waals surface area contributed by atoms with Crippen molar-refractivity contribution >= 4 is 86.1 Å². The number of rotatable bonds is 15. The van der Waals surface area contributed by atoms with Crippen LogP contribution in [0, 0.1) is 40.2 Å². The molecular formula is C120H144Cl3F2N7O14. The van der Waals surface area contributed by atoms with Crippen molar-refractivity contribution in [1.29, 1.82) is 0 Å². The smallest absolute Gasteiger partial charge is 0.164 e. The minimum atomic E-state index is -0.322. The number of fused-ring (bicyclic) bond motifs is 22. The quantitative estimate of drug-likeness (QED) is 0.0874. The molecule has 14 aliphatic heterocycles. The van der Waals surface area contributed by atoms with Gasteiger partial charge in [-0.25, -0.2) is 8.78 Å². The molecule has 146 heavy (non-hydrogen) atoms. The summed E-state index contributed by atoms with van der Waals surface area (Å²) in [6.07, 6.45) is 10.3. The highest BCUT2D eigenvalue weighted by molar-refractivity contribution is 6.31. The molecule has 26 heteroatoms. The molecule has 21 nitrogen and oxygen atoms in total. The lowest BCUT2D eigenvalue weighted by Gasteiger charge is -2.34. The highest BCUT2D eigenvalue weighted by Crippen LogP contribution is 2.48. The van der Waals surface area contributed by atoms with Gasteiger partial charge in [0.25, 0.3) is 0 Å². The zero-order valence-electron chi connectivity index (χ0n) is 87.4. The van der Waals surface area contributed by atoms with E-state index in [4.69, 9.17) is 68.0 Å². The van der Waals surface area contributed by atoms with E-state index in [0.717, 1.165) is 150 Å². The lowest BCUT2D eigenvalue weighted by Crippen LogP contribution is -2.40. The highest BCUT2D eigenvalue weighted by atomic mass is 35.5. The number of benzene rings is 9. The Morgan fingerprint density at radius 1 is 0.281 bits per heavy atom. The number of hydrogen-bond acceptors (Lipinski definition) is 21. The Morgan fingerprint density at radius 2 is 0.534 bits per heavy atom. The average Bonchev–Trinajstić information content (AvgIpc) is 1.62. The first-order valence-electron chi connectivity index (χ1n) is 52.4. The number of nitrogens with zero attached hydrogens (tertiary/aromatic N) is 7. The van der Waals surface area contributed by atoms with Gasteiger partial charge in [0, 0.05) is 203 Å². The topological polar surface area (TPSA) is 207 Å². The van der Waals surface area contributed by atoms with Gasteiger partial charge >= 0.3 is 0 Å². The minimum absolute atomic E-state index is 0.0169. The van der Waals surface area contributed by atoms with Gasteiger partial charge in [0.2, 0.25) is 0 Å². The molecule has 0 aliphatic carbocycles. The second kappa shape index (κ2) is 46.1. The number of ketones is 7. The van der Waals surface area contributed by atoms with Crippen LogP contribution in [0.3, 0.4) is 0 Å². The molecule has 0 amide bonds. The van der Waals surface area contributed by atoms with E-state index >= 15 is 0 Å². The van der Waals surface area contributed by atoms with Gasteiger partial charge in [0.15, 0.2) is 5.78 Å². The normalized spacial score (nSPS) is 25.2. The standard InChI is InChI=1S/C23H20ClNO2.C18H25NO2.C17H22ClNO2.C17H22FNO2.C17H23NO2.C14H16ClNO2.C14H16FNO2/c24-19-8-7-16-9-10-25-20(14-27-23(25)21(16)12-19)13-22(26)18-6-5-15-3-1-2-4-17(15)11-18;1-12-5-6-13-7-8-19-14(10-16(20)18(2,3)4)11-21-17(19)15(13)9-12;2*1-17(2,3)15(20)9-13-10-21-16-14-8-12(18)5-4-11(14)6-7-19(13)16;1-17(2,3)15(19)10-13-11-20-16-14-7-5-4-6-12(14)8-9-18(13)16;2*1-9(17)6-12-8-18-14-13-7-11(15)3-2-10(13)4-5-16(12)14/h1-8,11-12,20,23H,9-10,13-14H2;5-6,9,14,17H,7-8,10-11H2,1-4H3;2*4-5,8,13,16H,6-7,9-10H2,1-3H3;4-7,13,16H,8-11H2,1-3H3;2*2-3,7,12,14H,4-6,8H2,1H3. The molecular weight excluding hydrogens is 1910 g/mol. The van der Waals surface area contributed by atoms with E-state index in [9.17, 15) is 42.3 Å². The summed E-state index contributed by atoms with van der Waals surface area (Å²) in [6.45, 7) is 39.9. The Kier molecular flexibility index (Phi) is 34.2. The summed E-state index contributed by atoms with van der Waals surface area (Å²) >= 11 is 18.4. The van der Waals surface area contributed by atoms with Crippen LogP contribution < -0.4 is 0 Å². The first kappa shape index (κ1) is 108. The third-order valence-electron chi connectivity index (χ3n) is 31.3. The van der Waals surface area contributed by atoms with Crippen molar-refractivity contribution in [2.45, 2.75) is 280 Å². The average molecular weight is 2050 g/mol. The number of carbonyl (C=O) groups excluding carboxylic acids is 7. The van der Waals surface area contributed by atoms with Crippen molar-refractivity contribution in [1.82, 2.24) is 34.3 Å².